The zero-order chi connectivity index (χ0) is 16.1. The number of hydrogen-bond acceptors (Lipinski definition) is 3. The SMILES string of the molecule is CN(C(=O)N(C)c1cccc(CO)c1)c1cccc(CO)c1. The highest BCUT2D eigenvalue weighted by molar-refractivity contribution is 6.02. The number of aliphatic hydroxyl groups is 2. The number of nitrogens with zero attached hydrogens (tertiary/aromatic N) is 2. The molecule has 2 amide bonds. The van der Waals surface area contributed by atoms with Crippen LogP contribution in [0.5, 0.6) is 0 Å². The van der Waals surface area contributed by atoms with Crippen LogP contribution < -0.4 is 9.80 Å². The predicted octanol–water partition coefficient (Wildman–Crippen LogP) is 2.36. The third-order valence-electron chi connectivity index (χ3n) is 3.53. The summed E-state index contributed by atoms with van der Waals surface area (Å²) in [6.07, 6.45) is 0. The van der Waals surface area contributed by atoms with Gasteiger partial charge in [-0.25, -0.2) is 4.79 Å². The van der Waals surface area contributed by atoms with Crippen LogP contribution >= 0.6 is 0 Å². The van der Waals surface area contributed by atoms with E-state index in [0.29, 0.717) is 11.4 Å². The molecule has 0 fully saturated rings. The fourth-order valence-corrected chi connectivity index (χ4v) is 2.17. The molecule has 5 heteroatoms. The van der Waals surface area contributed by atoms with Crippen molar-refractivity contribution in [1.29, 1.82) is 0 Å². The first-order valence-electron chi connectivity index (χ1n) is 6.98. The molecule has 2 rings (SSSR count). The normalized spacial score (nSPS) is 10.4. The molecule has 0 spiro atoms. The van der Waals surface area contributed by atoms with Crippen LogP contribution in [0.2, 0.25) is 0 Å². The van der Waals surface area contributed by atoms with Crippen molar-refractivity contribution >= 4 is 17.4 Å². The molecule has 0 bridgehead atoms. The van der Waals surface area contributed by atoms with Crippen molar-refractivity contribution in [3.05, 3.63) is 59.7 Å². The Morgan fingerprint density at radius 2 is 1.27 bits per heavy atom. The molecule has 2 aromatic rings. The second kappa shape index (κ2) is 7.06. The minimum atomic E-state index is -0.204. The average molecular weight is 300 g/mol. The third-order valence-corrected chi connectivity index (χ3v) is 3.53. The number of carbonyl (C=O) groups excluding carboxylic acids is 1. The molecule has 0 heterocycles. The lowest BCUT2D eigenvalue weighted by Gasteiger charge is -2.25. The van der Waals surface area contributed by atoms with Crippen LogP contribution in [-0.2, 0) is 13.2 Å². The van der Waals surface area contributed by atoms with Crippen LogP contribution in [0.25, 0.3) is 0 Å². The van der Waals surface area contributed by atoms with Crippen molar-refractivity contribution in [2.75, 3.05) is 23.9 Å². The summed E-state index contributed by atoms with van der Waals surface area (Å²) in [6, 6.07) is 14.2. The van der Waals surface area contributed by atoms with E-state index < -0.39 is 0 Å². The van der Waals surface area contributed by atoms with Gasteiger partial charge in [0.25, 0.3) is 0 Å². The summed E-state index contributed by atoms with van der Waals surface area (Å²) in [6.45, 7) is -0.130. The topological polar surface area (TPSA) is 64.0 Å². The zero-order valence-corrected chi connectivity index (χ0v) is 12.7. The average Bonchev–Trinajstić information content (AvgIpc) is 2.59. The van der Waals surface area contributed by atoms with E-state index in [9.17, 15) is 15.0 Å². The Kier molecular flexibility index (Phi) is 5.14. The Morgan fingerprint density at radius 1 is 0.864 bits per heavy atom. The summed E-state index contributed by atoms with van der Waals surface area (Å²) in [4.78, 5) is 15.6. The van der Waals surface area contributed by atoms with Crippen molar-refractivity contribution in [1.82, 2.24) is 0 Å². The summed E-state index contributed by atoms with van der Waals surface area (Å²) in [5, 5.41) is 18.4. The van der Waals surface area contributed by atoms with Gasteiger partial charge < -0.3 is 10.2 Å². The van der Waals surface area contributed by atoms with Crippen LogP contribution in [0.15, 0.2) is 48.5 Å². The van der Waals surface area contributed by atoms with Crippen LogP contribution in [0, 0.1) is 0 Å². The van der Waals surface area contributed by atoms with Gasteiger partial charge in [-0.05, 0) is 35.4 Å². The molecular weight excluding hydrogens is 280 g/mol. The van der Waals surface area contributed by atoms with E-state index in [2.05, 4.69) is 0 Å². The van der Waals surface area contributed by atoms with Crippen molar-refractivity contribution in [3.8, 4) is 0 Å². The first-order valence-corrected chi connectivity index (χ1v) is 6.98. The summed E-state index contributed by atoms with van der Waals surface area (Å²) >= 11 is 0. The van der Waals surface area contributed by atoms with E-state index in [1.54, 1.807) is 50.5 Å². The van der Waals surface area contributed by atoms with E-state index in [1.807, 2.05) is 12.1 Å². The molecule has 0 aliphatic carbocycles. The molecule has 2 N–H and O–H groups in total. The molecule has 22 heavy (non-hydrogen) atoms. The van der Waals surface area contributed by atoms with Crippen molar-refractivity contribution in [3.63, 3.8) is 0 Å². The molecular formula is C17H20N2O3. The monoisotopic (exact) mass is 300 g/mol. The highest BCUT2D eigenvalue weighted by atomic mass is 16.3. The fourth-order valence-electron chi connectivity index (χ4n) is 2.17. The Balaban J connectivity index is 2.21. The van der Waals surface area contributed by atoms with Gasteiger partial charge in [-0.3, -0.25) is 9.80 Å². The lowest BCUT2D eigenvalue weighted by atomic mass is 10.2. The number of urea groups is 1. The van der Waals surface area contributed by atoms with Crippen molar-refractivity contribution in [2.24, 2.45) is 0 Å². The highest BCUT2D eigenvalue weighted by Crippen LogP contribution is 2.20. The Morgan fingerprint density at radius 3 is 1.64 bits per heavy atom. The first-order chi connectivity index (χ1) is 10.6. The van der Waals surface area contributed by atoms with E-state index >= 15 is 0 Å². The maximum Gasteiger partial charge on any atom is 0.328 e. The molecule has 0 unspecified atom stereocenters. The molecule has 116 valence electrons. The van der Waals surface area contributed by atoms with Crippen molar-refractivity contribution in [2.45, 2.75) is 13.2 Å². The molecule has 0 aliphatic heterocycles. The molecule has 0 aliphatic rings. The number of rotatable bonds is 4. The van der Waals surface area contributed by atoms with Gasteiger partial charge in [0.2, 0.25) is 0 Å². The summed E-state index contributed by atoms with van der Waals surface area (Å²) in [5.41, 5.74) is 2.92. The Labute approximate surface area is 130 Å². The maximum atomic E-state index is 12.6. The lowest BCUT2D eigenvalue weighted by Crippen LogP contribution is -2.39. The Hall–Kier alpha value is -2.37. The van der Waals surface area contributed by atoms with Gasteiger partial charge in [0.05, 0.1) is 13.2 Å². The van der Waals surface area contributed by atoms with Crippen LogP contribution in [0.4, 0.5) is 16.2 Å². The minimum Gasteiger partial charge on any atom is -0.392 e. The van der Waals surface area contributed by atoms with Gasteiger partial charge in [-0.15, -0.1) is 0 Å². The smallest absolute Gasteiger partial charge is 0.328 e. The zero-order valence-electron chi connectivity index (χ0n) is 12.7. The number of aliphatic hydroxyl groups excluding tert-OH is 2. The van der Waals surface area contributed by atoms with Gasteiger partial charge in [0, 0.05) is 25.5 Å². The number of anilines is 2. The van der Waals surface area contributed by atoms with Crippen LogP contribution in [-0.4, -0.2) is 30.3 Å². The number of amides is 2. The van der Waals surface area contributed by atoms with E-state index in [0.717, 1.165) is 11.1 Å². The molecule has 0 atom stereocenters. The first kappa shape index (κ1) is 16.0. The second-order valence-electron chi connectivity index (χ2n) is 5.06. The Bertz CT molecular complexity index is 602. The van der Waals surface area contributed by atoms with Crippen LogP contribution in [0.1, 0.15) is 11.1 Å². The van der Waals surface area contributed by atoms with Crippen LogP contribution in [0.3, 0.4) is 0 Å². The van der Waals surface area contributed by atoms with Crippen molar-refractivity contribution < 1.29 is 15.0 Å². The van der Waals surface area contributed by atoms with Gasteiger partial charge >= 0.3 is 6.03 Å². The molecule has 0 aromatic heterocycles. The molecule has 0 saturated heterocycles. The van der Waals surface area contributed by atoms with E-state index in [-0.39, 0.29) is 19.2 Å². The number of benzene rings is 2. The van der Waals surface area contributed by atoms with E-state index in [1.165, 1.54) is 9.80 Å². The van der Waals surface area contributed by atoms with E-state index in [4.69, 9.17) is 0 Å². The third kappa shape index (κ3) is 3.44. The van der Waals surface area contributed by atoms with Gasteiger partial charge in [-0.1, -0.05) is 24.3 Å². The lowest BCUT2D eigenvalue weighted by molar-refractivity contribution is 0.253. The summed E-state index contributed by atoms with van der Waals surface area (Å²) in [5.74, 6) is 0. The molecule has 0 radical (unpaired) electrons. The summed E-state index contributed by atoms with van der Waals surface area (Å²) in [7, 11) is 3.37. The van der Waals surface area contributed by atoms with Gasteiger partial charge in [-0.2, -0.15) is 0 Å². The number of hydrogen-bond donors (Lipinski definition) is 2. The molecule has 5 nitrogen and oxygen atoms in total. The molecule has 2 aromatic carbocycles. The predicted molar refractivity (Wildman–Crippen MR) is 86.9 cm³/mol. The molecule has 0 saturated carbocycles. The quantitative estimate of drug-likeness (QED) is 0.911. The maximum absolute atomic E-state index is 12.6. The van der Waals surface area contributed by atoms with Gasteiger partial charge in [0.15, 0.2) is 0 Å². The summed E-state index contributed by atoms with van der Waals surface area (Å²) < 4.78 is 0. The fraction of sp³-hybridized carbons (Fsp3) is 0.235. The van der Waals surface area contributed by atoms with Gasteiger partial charge in [0.1, 0.15) is 0 Å². The second-order valence-corrected chi connectivity index (χ2v) is 5.06. The minimum absolute atomic E-state index is 0.0652. The number of carbonyl (C=O) groups is 1. The largest absolute Gasteiger partial charge is 0.392 e. The standard InChI is InChI=1S/C17H20N2O3/c1-18(15-7-3-5-13(9-15)11-20)17(22)19(2)16-8-4-6-14(10-16)12-21/h3-10,20-21H,11-12H2,1-2H3. The highest BCUT2D eigenvalue weighted by Gasteiger charge is 2.17.